The first kappa shape index (κ1) is 22.7. The summed E-state index contributed by atoms with van der Waals surface area (Å²) in [6.07, 6.45) is 5.47. The lowest BCUT2D eigenvalue weighted by Crippen LogP contribution is -1.97. The summed E-state index contributed by atoms with van der Waals surface area (Å²) in [4.78, 5) is 16.3. The molecule has 4 aromatic rings. The molecule has 0 aliphatic carbocycles. The maximum absolute atomic E-state index is 15.1. The Morgan fingerprint density at radius 3 is 2.42 bits per heavy atom. The van der Waals surface area contributed by atoms with E-state index in [4.69, 9.17) is 4.74 Å². The van der Waals surface area contributed by atoms with E-state index >= 15 is 4.39 Å². The number of aromatic nitrogens is 1. The molecule has 0 saturated carbocycles. The van der Waals surface area contributed by atoms with Crippen LogP contribution in [0.5, 0.6) is 5.75 Å². The fourth-order valence-electron chi connectivity index (χ4n) is 3.97. The third-order valence-electron chi connectivity index (χ3n) is 5.82. The molecule has 168 valence electrons. The summed E-state index contributed by atoms with van der Waals surface area (Å²) in [6.45, 7) is 4.86. The Labute approximate surface area is 194 Å². The second-order valence-electron chi connectivity index (χ2n) is 8.36. The summed E-state index contributed by atoms with van der Waals surface area (Å²) in [5, 5.41) is 0.804. The molecule has 4 rings (SSSR count). The second kappa shape index (κ2) is 10.4. The molecule has 0 N–H and O–H groups in total. The minimum atomic E-state index is -0.334. The van der Waals surface area contributed by atoms with Gasteiger partial charge in [-0.3, -0.25) is 4.79 Å². The van der Waals surface area contributed by atoms with Crippen molar-refractivity contribution in [3.8, 4) is 28.1 Å². The number of fused-ring (bicyclic) bond motifs is 1. The standard InChI is InChI=1S/C29H28FNO2/c1-3-4-5-6-15-33-24-11-8-21(9-12-24)25-13-10-22(17-27(25)30)29-18-23(19-32)26-16-20(2)7-14-28(26)31-29/h7-14,16-19H,3-6,15H2,1-2H3. The van der Waals surface area contributed by atoms with E-state index in [0.717, 1.165) is 40.5 Å². The Hall–Kier alpha value is -3.53. The van der Waals surface area contributed by atoms with Crippen LogP contribution < -0.4 is 4.74 Å². The maximum atomic E-state index is 15.1. The summed E-state index contributed by atoms with van der Waals surface area (Å²) < 4.78 is 20.8. The van der Waals surface area contributed by atoms with Crippen molar-refractivity contribution in [1.82, 2.24) is 4.98 Å². The molecule has 0 bridgehead atoms. The van der Waals surface area contributed by atoms with Crippen LogP contribution in [0.4, 0.5) is 4.39 Å². The average molecular weight is 442 g/mol. The number of aryl methyl sites for hydroxylation is 1. The predicted octanol–water partition coefficient (Wildman–Crippen LogP) is 7.79. The van der Waals surface area contributed by atoms with Crippen LogP contribution in [0, 0.1) is 12.7 Å². The molecule has 0 amide bonds. The fourth-order valence-corrected chi connectivity index (χ4v) is 3.97. The van der Waals surface area contributed by atoms with Gasteiger partial charge in [0.25, 0.3) is 0 Å². The molecule has 0 radical (unpaired) electrons. The molecule has 0 aliphatic heterocycles. The van der Waals surface area contributed by atoms with E-state index in [0.29, 0.717) is 29.0 Å². The zero-order valence-corrected chi connectivity index (χ0v) is 19.1. The minimum Gasteiger partial charge on any atom is -0.494 e. The number of ether oxygens (including phenoxy) is 1. The van der Waals surface area contributed by atoms with Crippen LogP contribution in [0.15, 0.2) is 66.7 Å². The number of halogens is 1. The summed E-state index contributed by atoms with van der Waals surface area (Å²) in [5.41, 5.74) is 4.83. The maximum Gasteiger partial charge on any atom is 0.150 e. The first-order valence-electron chi connectivity index (χ1n) is 11.5. The van der Waals surface area contributed by atoms with Crippen LogP contribution in [-0.2, 0) is 0 Å². The van der Waals surface area contributed by atoms with Crippen molar-refractivity contribution in [3.05, 3.63) is 83.7 Å². The monoisotopic (exact) mass is 441 g/mol. The van der Waals surface area contributed by atoms with E-state index in [-0.39, 0.29) is 5.82 Å². The highest BCUT2D eigenvalue weighted by molar-refractivity contribution is 5.98. The molecule has 4 heteroatoms. The van der Waals surface area contributed by atoms with Crippen molar-refractivity contribution >= 4 is 17.2 Å². The lowest BCUT2D eigenvalue weighted by molar-refractivity contribution is 0.112. The predicted molar refractivity (Wildman–Crippen MR) is 132 cm³/mol. The van der Waals surface area contributed by atoms with E-state index in [1.807, 2.05) is 55.5 Å². The van der Waals surface area contributed by atoms with Gasteiger partial charge in [0.1, 0.15) is 11.6 Å². The van der Waals surface area contributed by atoms with Crippen molar-refractivity contribution < 1.29 is 13.9 Å². The molecule has 3 nitrogen and oxygen atoms in total. The second-order valence-corrected chi connectivity index (χ2v) is 8.36. The van der Waals surface area contributed by atoms with Crippen LogP contribution in [0.1, 0.15) is 48.5 Å². The molecule has 3 aromatic carbocycles. The zero-order valence-electron chi connectivity index (χ0n) is 19.1. The lowest BCUT2D eigenvalue weighted by atomic mass is 10.00. The van der Waals surface area contributed by atoms with E-state index in [9.17, 15) is 4.79 Å². The Morgan fingerprint density at radius 2 is 1.70 bits per heavy atom. The number of unbranched alkanes of at least 4 members (excludes halogenated alkanes) is 3. The first-order chi connectivity index (χ1) is 16.1. The number of aldehydes is 1. The summed E-state index contributed by atoms with van der Waals surface area (Å²) in [6, 6.07) is 20.1. The van der Waals surface area contributed by atoms with Gasteiger partial charge in [0.15, 0.2) is 6.29 Å². The SMILES string of the molecule is CCCCCCOc1ccc(-c2ccc(-c3cc(C=O)c4cc(C)ccc4n3)cc2F)cc1. The molecule has 0 atom stereocenters. The number of nitrogens with zero attached hydrogens (tertiary/aromatic N) is 1. The van der Waals surface area contributed by atoms with Crippen molar-refractivity contribution in [1.29, 1.82) is 0 Å². The molecule has 1 aromatic heterocycles. The van der Waals surface area contributed by atoms with Crippen LogP contribution in [-0.4, -0.2) is 17.9 Å². The van der Waals surface area contributed by atoms with E-state index in [2.05, 4.69) is 11.9 Å². The van der Waals surface area contributed by atoms with E-state index < -0.39 is 0 Å². The number of pyridine rings is 1. The van der Waals surface area contributed by atoms with Gasteiger partial charge in [-0.2, -0.15) is 0 Å². The Balaban J connectivity index is 1.55. The molecule has 0 spiro atoms. The molecular formula is C29H28FNO2. The Kier molecular flexibility index (Phi) is 7.13. The zero-order chi connectivity index (χ0) is 23.2. The molecule has 33 heavy (non-hydrogen) atoms. The van der Waals surface area contributed by atoms with E-state index in [1.54, 1.807) is 12.1 Å². The van der Waals surface area contributed by atoms with Crippen molar-refractivity contribution in [2.24, 2.45) is 0 Å². The number of carbonyl (C=O) groups excluding carboxylic acids is 1. The minimum absolute atomic E-state index is 0.334. The molecule has 0 saturated heterocycles. The quantitative estimate of drug-likeness (QED) is 0.197. The number of carbonyl (C=O) groups is 1. The summed E-state index contributed by atoms with van der Waals surface area (Å²) in [5.74, 6) is 0.462. The van der Waals surface area contributed by atoms with Gasteiger partial charge in [-0.15, -0.1) is 0 Å². The number of hydrogen-bond acceptors (Lipinski definition) is 3. The molecule has 0 aliphatic rings. The van der Waals surface area contributed by atoms with Crippen molar-refractivity contribution in [2.75, 3.05) is 6.61 Å². The normalized spacial score (nSPS) is 11.0. The highest BCUT2D eigenvalue weighted by Crippen LogP contribution is 2.30. The van der Waals surface area contributed by atoms with Crippen LogP contribution in [0.2, 0.25) is 0 Å². The third kappa shape index (κ3) is 5.28. The van der Waals surface area contributed by atoms with Gasteiger partial charge < -0.3 is 4.74 Å². The smallest absolute Gasteiger partial charge is 0.150 e. The topological polar surface area (TPSA) is 39.2 Å². The van der Waals surface area contributed by atoms with Crippen LogP contribution in [0.3, 0.4) is 0 Å². The fraction of sp³-hybridized carbons (Fsp3) is 0.241. The number of rotatable bonds is 9. The molecular weight excluding hydrogens is 413 g/mol. The van der Waals surface area contributed by atoms with Gasteiger partial charge in [-0.1, -0.05) is 62.1 Å². The van der Waals surface area contributed by atoms with Gasteiger partial charge in [0.05, 0.1) is 17.8 Å². The van der Waals surface area contributed by atoms with Gasteiger partial charge >= 0.3 is 0 Å². The van der Waals surface area contributed by atoms with Gasteiger partial charge in [0.2, 0.25) is 0 Å². The number of hydrogen-bond donors (Lipinski definition) is 0. The highest BCUT2D eigenvalue weighted by atomic mass is 19.1. The highest BCUT2D eigenvalue weighted by Gasteiger charge is 2.11. The van der Waals surface area contributed by atoms with E-state index in [1.165, 1.54) is 25.3 Å². The number of benzene rings is 3. The molecule has 0 unspecified atom stereocenters. The Morgan fingerprint density at radius 1 is 0.909 bits per heavy atom. The van der Waals surface area contributed by atoms with Gasteiger partial charge in [-0.05, 0) is 55.3 Å². The summed E-state index contributed by atoms with van der Waals surface area (Å²) in [7, 11) is 0. The summed E-state index contributed by atoms with van der Waals surface area (Å²) >= 11 is 0. The van der Waals surface area contributed by atoms with Gasteiger partial charge in [-0.25, -0.2) is 9.37 Å². The largest absolute Gasteiger partial charge is 0.494 e. The molecule has 1 heterocycles. The van der Waals surface area contributed by atoms with Crippen LogP contribution >= 0.6 is 0 Å². The van der Waals surface area contributed by atoms with Crippen LogP contribution in [0.25, 0.3) is 33.3 Å². The average Bonchev–Trinajstić information content (AvgIpc) is 2.83. The molecule has 0 fully saturated rings. The van der Waals surface area contributed by atoms with Crippen molar-refractivity contribution in [2.45, 2.75) is 39.5 Å². The first-order valence-corrected chi connectivity index (χ1v) is 11.5. The lowest BCUT2D eigenvalue weighted by Gasteiger charge is -2.10. The Bertz CT molecular complexity index is 1260. The van der Waals surface area contributed by atoms with Gasteiger partial charge in [0, 0.05) is 22.1 Å². The third-order valence-corrected chi connectivity index (χ3v) is 5.82. The van der Waals surface area contributed by atoms with Crippen molar-refractivity contribution in [3.63, 3.8) is 0 Å².